The third-order valence-electron chi connectivity index (χ3n) is 2.59. The molecule has 0 aliphatic carbocycles. The van der Waals surface area contributed by atoms with Crippen molar-refractivity contribution in [2.75, 3.05) is 5.32 Å². The fourth-order valence-electron chi connectivity index (χ4n) is 1.56. The summed E-state index contributed by atoms with van der Waals surface area (Å²) in [7, 11) is 1.90. The summed E-state index contributed by atoms with van der Waals surface area (Å²) in [5.74, 6) is 0.932. The molecule has 2 aromatic rings. The minimum absolute atomic E-state index is 0.698. The number of hydrogen-bond acceptors (Lipinski definition) is 3. The zero-order chi connectivity index (χ0) is 11.4. The van der Waals surface area contributed by atoms with Crippen molar-refractivity contribution in [1.29, 1.82) is 0 Å². The summed E-state index contributed by atoms with van der Waals surface area (Å²) in [5, 5.41) is 7.37. The van der Waals surface area contributed by atoms with Gasteiger partial charge >= 0.3 is 0 Å². The lowest BCUT2D eigenvalue weighted by molar-refractivity contribution is 0.712. The van der Waals surface area contributed by atoms with Crippen LogP contribution < -0.4 is 5.32 Å². The summed E-state index contributed by atoms with van der Waals surface area (Å²) in [6.07, 6.45) is 2.62. The Hall–Kier alpha value is -1.84. The monoisotopic (exact) mass is 216 g/mol. The van der Waals surface area contributed by atoms with Crippen molar-refractivity contribution in [2.24, 2.45) is 7.05 Å². The van der Waals surface area contributed by atoms with Gasteiger partial charge in [0.05, 0.1) is 6.54 Å². The maximum absolute atomic E-state index is 4.16. The summed E-state index contributed by atoms with van der Waals surface area (Å²) in [6, 6.07) is 8.43. The van der Waals surface area contributed by atoms with Crippen molar-refractivity contribution in [1.82, 2.24) is 14.8 Å². The lowest BCUT2D eigenvalue weighted by Gasteiger charge is -2.07. The molecule has 0 saturated heterocycles. The molecular weight excluding hydrogens is 200 g/mol. The highest BCUT2D eigenvalue weighted by Crippen LogP contribution is 2.11. The topological polar surface area (TPSA) is 42.7 Å². The molecule has 0 radical (unpaired) electrons. The Labute approximate surface area is 95.3 Å². The van der Waals surface area contributed by atoms with Crippen LogP contribution in [0.4, 0.5) is 5.69 Å². The van der Waals surface area contributed by atoms with Gasteiger partial charge in [0.1, 0.15) is 12.2 Å². The van der Waals surface area contributed by atoms with Crippen LogP contribution in [0.15, 0.2) is 30.6 Å². The Morgan fingerprint density at radius 1 is 1.38 bits per heavy atom. The number of benzene rings is 1. The Morgan fingerprint density at radius 3 is 2.94 bits per heavy atom. The molecule has 0 bridgehead atoms. The van der Waals surface area contributed by atoms with Crippen molar-refractivity contribution < 1.29 is 0 Å². The molecule has 0 unspecified atom stereocenters. The SMILES string of the molecule is CCc1cccc(NCc2ncnn2C)c1. The predicted octanol–water partition coefficient (Wildman–Crippen LogP) is 1.99. The molecule has 0 aliphatic rings. The van der Waals surface area contributed by atoms with E-state index in [0.29, 0.717) is 6.54 Å². The van der Waals surface area contributed by atoms with Gasteiger partial charge in [0.25, 0.3) is 0 Å². The minimum atomic E-state index is 0.698. The molecule has 0 amide bonds. The third-order valence-corrected chi connectivity index (χ3v) is 2.59. The maximum Gasteiger partial charge on any atom is 0.145 e. The van der Waals surface area contributed by atoms with Crippen molar-refractivity contribution in [3.05, 3.63) is 42.0 Å². The zero-order valence-electron chi connectivity index (χ0n) is 9.64. The molecule has 2 rings (SSSR count). The molecule has 84 valence electrons. The number of aromatic nitrogens is 3. The number of anilines is 1. The van der Waals surface area contributed by atoms with E-state index in [-0.39, 0.29) is 0 Å². The van der Waals surface area contributed by atoms with Crippen molar-refractivity contribution in [3.63, 3.8) is 0 Å². The molecule has 4 heteroatoms. The molecule has 1 N–H and O–H groups in total. The zero-order valence-corrected chi connectivity index (χ0v) is 9.64. The van der Waals surface area contributed by atoms with Crippen LogP contribution in [-0.4, -0.2) is 14.8 Å². The summed E-state index contributed by atoms with van der Waals surface area (Å²) in [4.78, 5) is 4.16. The molecule has 0 fully saturated rings. The van der Waals surface area contributed by atoms with Crippen LogP contribution in [0.2, 0.25) is 0 Å². The summed E-state index contributed by atoms with van der Waals surface area (Å²) >= 11 is 0. The minimum Gasteiger partial charge on any atom is -0.378 e. The molecule has 0 spiro atoms. The van der Waals surface area contributed by atoms with E-state index < -0.39 is 0 Å². The molecule has 4 nitrogen and oxygen atoms in total. The third kappa shape index (κ3) is 2.39. The second-order valence-electron chi connectivity index (χ2n) is 3.71. The highest BCUT2D eigenvalue weighted by Gasteiger charge is 2.00. The molecule has 1 aromatic carbocycles. The van der Waals surface area contributed by atoms with E-state index in [0.717, 1.165) is 17.9 Å². The van der Waals surface area contributed by atoms with Gasteiger partial charge in [-0.2, -0.15) is 5.10 Å². The smallest absolute Gasteiger partial charge is 0.145 e. The number of nitrogens with zero attached hydrogens (tertiary/aromatic N) is 3. The Morgan fingerprint density at radius 2 is 2.25 bits per heavy atom. The summed E-state index contributed by atoms with van der Waals surface area (Å²) in [6.45, 7) is 2.85. The van der Waals surface area contributed by atoms with Crippen LogP contribution in [0, 0.1) is 0 Å². The first-order chi connectivity index (χ1) is 7.79. The first-order valence-electron chi connectivity index (χ1n) is 5.45. The van der Waals surface area contributed by atoms with Gasteiger partial charge in [-0.1, -0.05) is 19.1 Å². The van der Waals surface area contributed by atoms with E-state index in [1.165, 1.54) is 5.56 Å². The van der Waals surface area contributed by atoms with Gasteiger partial charge in [0.2, 0.25) is 0 Å². The highest BCUT2D eigenvalue weighted by molar-refractivity contribution is 5.45. The number of rotatable bonds is 4. The van der Waals surface area contributed by atoms with E-state index in [1.807, 2.05) is 7.05 Å². The van der Waals surface area contributed by atoms with Crippen LogP contribution in [0.1, 0.15) is 18.3 Å². The van der Waals surface area contributed by atoms with Gasteiger partial charge in [0, 0.05) is 12.7 Å². The van der Waals surface area contributed by atoms with Gasteiger partial charge in [-0.25, -0.2) is 4.98 Å². The standard InChI is InChI=1S/C12H16N4/c1-3-10-5-4-6-11(7-10)13-8-12-14-9-15-16(12)2/h4-7,9,13H,3,8H2,1-2H3. The van der Waals surface area contributed by atoms with Crippen molar-refractivity contribution in [2.45, 2.75) is 19.9 Å². The van der Waals surface area contributed by atoms with Gasteiger partial charge in [-0.15, -0.1) is 0 Å². The molecule has 16 heavy (non-hydrogen) atoms. The van der Waals surface area contributed by atoms with Crippen LogP contribution in [0.25, 0.3) is 0 Å². The quantitative estimate of drug-likeness (QED) is 0.850. The average molecular weight is 216 g/mol. The highest BCUT2D eigenvalue weighted by atomic mass is 15.3. The van der Waals surface area contributed by atoms with Gasteiger partial charge in [-0.3, -0.25) is 4.68 Å². The van der Waals surface area contributed by atoms with Gasteiger partial charge in [0.15, 0.2) is 0 Å². The number of nitrogens with one attached hydrogen (secondary N) is 1. The Bertz CT molecular complexity index is 462. The lowest BCUT2D eigenvalue weighted by Crippen LogP contribution is -2.06. The first kappa shape index (κ1) is 10.7. The van der Waals surface area contributed by atoms with Crippen LogP contribution in [0.5, 0.6) is 0 Å². The van der Waals surface area contributed by atoms with Gasteiger partial charge < -0.3 is 5.32 Å². The van der Waals surface area contributed by atoms with Crippen molar-refractivity contribution >= 4 is 5.69 Å². The van der Waals surface area contributed by atoms with Crippen LogP contribution in [-0.2, 0) is 20.0 Å². The first-order valence-corrected chi connectivity index (χ1v) is 5.45. The van der Waals surface area contributed by atoms with Crippen molar-refractivity contribution in [3.8, 4) is 0 Å². The molecule has 1 aromatic heterocycles. The van der Waals surface area contributed by atoms with Gasteiger partial charge in [-0.05, 0) is 24.1 Å². The number of hydrogen-bond donors (Lipinski definition) is 1. The summed E-state index contributed by atoms with van der Waals surface area (Å²) in [5.41, 5.74) is 2.46. The van der Waals surface area contributed by atoms with E-state index in [2.05, 4.69) is 46.6 Å². The Kier molecular flexibility index (Phi) is 3.19. The second-order valence-corrected chi connectivity index (χ2v) is 3.71. The largest absolute Gasteiger partial charge is 0.378 e. The van der Waals surface area contributed by atoms with E-state index >= 15 is 0 Å². The number of aryl methyl sites for hydroxylation is 2. The second kappa shape index (κ2) is 4.79. The Balaban J connectivity index is 2.02. The average Bonchev–Trinajstić information content (AvgIpc) is 2.72. The maximum atomic E-state index is 4.16. The molecule has 1 heterocycles. The van der Waals surface area contributed by atoms with E-state index in [1.54, 1.807) is 11.0 Å². The summed E-state index contributed by atoms with van der Waals surface area (Å²) < 4.78 is 1.77. The predicted molar refractivity (Wildman–Crippen MR) is 64.1 cm³/mol. The molecule has 0 aliphatic heterocycles. The van der Waals surface area contributed by atoms with Crippen LogP contribution in [0.3, 0.4) is 0 Å². The fraction of sp³-hybridized carbons (Fsp3) is 0.333. The fourth-order valence-corrected chi connectivity index (χ4v) is 1.56. The molecule has 0 atom stereocenters. The van der Waals surface area contributed by atoms with Crippen LogP contribution >= 0.6 is 0 Å². The lowest BCUT2D eigenvalue weighted by atomic mass is 10.1. The molecular formula is C12H16N4. The van der Waals surface area contributed by atoms with E-state index in [4.69, 9.17) is 0 Å². The molecule has 0 saturated carbocycles. The normalized spacial score (nSPS) is 10.4. The van der Waals surface area contributed by atoms with E-state index in [9.17, 15) is 0 Å².